The molecular weight excluding hydrogens is 272 g/mol. The van der Waals surface area contributed by atoms with Crippen molar-refractivity contribution in [2.24, 2.45) is 0 Å². The van der Waals surface area contributed by atoms with Crippen LogP contribution in [0.25, 0.3) is 27.8 Å². The summed E-state index contributed by atoms with van der Waals surface area (Å²) in [5.41, 5.74) is 6.52. The lowest BCUT2D eigenvalue weighted by Crippen LogP contribution is -1.94. The fraction of sp³-hybridized carbons (Fsp3) is 0.111. The molecule has 22 heavy (non-hydrogen) atoms. The Kier molecular flexibility index (Phi) is 2.82. The molecule has 0 atom stereocenters. The SMILES string of the molecule is Cc1ccn(-c2ccc(-c3ccc4nc(C)[nH]c4c3)cc2)n1. The molecule has 0 aliphatic rings. The Balaban J connectivity index is 1.72. The molecule has 4 nitrogen and oxygen atoms in total. The van der Waals surface area contributed by atoms with E-state index in [1.54, 1.807) is 0 Å². The second-order valence-corrected chi connectivity index (χ2v) is 5.50. The molecule has 0 bridgehead atoms. The first-order valence-electron chi connectivity index (χ1n) is 7.28. The fourth-order valence-electron chi connectivity index (χ4n) is 2.68. The largest absolute Gasteiger partial charge is 0.342 e. The number of benzene rings is 2. The standard InChI is InChI=1S/C18H16N4/c1-12-9-10-22(21-12)16-6-3-14(4-7-16)15-5-8-17-18(11-15)20-13(2)19-17/h3-11H,1-2H3,(H,19,20). The van der Waals surface area contributed by atoms with Crippen LogP contribution in [0.2, 0.25) is 0 Å². The van der Waals surface area contributed by atoms with Crippen molar-refractivity contribution in [1.82, 2.24) is 19.7 Å². The van der Waals surface area contributed by atoms with Crippen LogP contribution in [0.15, 0.2) is 54.7 Å². The number of aromatic amines is 1. The molecule has 0 aliphatic carbocycles. The molecule has 4 rings (SSSR count). The van der Waals surface area contributed by atoms with Crippen LogP contribution in [0.3, 0.4) is 0 Å². The quantitative estimate of drug-likeness (QED) is 0.605. The molecule has 1 N–H and O–H groups in total. The molecule has 0 radical (unpaired) electrons. The summed E-state index contributed by atoms with van der Waals surface area (Å²) in [7, 11) is 0. The van der Waals surface area contributed by atoms with Crippen LogP contribution in [0, 0.1) is 13.8 Å². The van der Waals surface area contributed by atoms with Crippen molar-refractivity contribution in [2.75, 3.05) is 0 Å². The number of imidazole rings is 1. The Labute approximate surface area is 128 Å². The van der Waals surface area contributed by atoms with Gasteiger partial charge in [0.05, 0.1) is 22.4 Å². The third kappa shape index (κ3) is 2.19. The van der Waals surface area contributed by atoms with Gasteiger partial charge in [-0.25, -0.2) is 9.67 Å². The first-order chi connectivity index (χ1) is 10.7. The number of rotatable bonds is 2. The minimum atomic E-state index is 0.941. The van der Waals surface area contributed by atoms with Crippen LogP contribution < -0.4 is 0 Å². The summed E-state index contributed by atoms with van der Waals surface area (Å²) in [6, 6.07) is 16.7. The second kappa shape index (κ2) is 4.84. The summed E-state index contributed by atoms with van der Waals surface area (Å²) in [5.74, 6) is 0.941. The van der Waals surface area contributed by atoms with Gasteiger partial charge in [-0.2, -0.15) is 5.10 Å². The van der Waals surface area contributed by atoms with Gasteiger partial charge >= 0.3 is 0 Å². The molecule has 0 unspecified atom stereocenters. The molecule has 2 aromatic carbocycles. The van der Waals surface area contributed by atoms with Gasteiger partial charge in [0.25, 0.3) is 0 Å². The van der Waals surface area contributed by atoms with Gasteiger partial charge in [0.15, 0.2) is 0 Å². The first kappa shape index (κ1) is 12.8. The second-order valence-electron chi connectivity index (χ2n) is 5.50. The number of hydrogen-bond acceptors (Lipinski definition) is 2. The molecule has 0 aliphatic heterocycles. The minimum Gasteiger partial charge on any atom is -0.342 e. The molecular formula is C18H16N4. The molecule has 0 saturated heterocycles. The summed E-state index contributed by atoms with van der Waals surface area (Å²) in [5, 5.41) is 4.43. The van der Waals surface area contributed by atoms with Crippen molar-refractivity contribution in [1.29, 1.82) is 0 Å². The fourth-order valence-corrected chi connectivity index (χ4v) is 2.68. The van der Waals surface area contributed by atoms with Crippen LogP contribution in [0.4, 0.5) is 0 Å². The molecule has 0 fully saturated rings. The molecule has 0 spiro atoms. The predicted molar refractivity (Wildman–Crippen MR) is 88.1 cm³/mol. The zero-order valence-electron chi connectivity index (χ0n) is 12.5. The van der Waals surface area contributed by atoms with Gasteiger partial charge in [0, 0.05) is 6.20 Å². The van der Waals surface area contributed by atoms with Crippen LogP contribution >= 0.6 is 0 Å². The van der Waals surface area contributed by atoms with Gasteiger partial charge in [-0.3, -0.25) is 0 Å². The van der Waals surface area contributed by atoms with E-state index in [2.05, 4.69) is 57.5 Å². The zero-order chi connectivity index (χ0) is 15.1. The maximum atomic E-state index is 4.44. The molecule has 2 aromatic heterocycles. The maximum absolute atomic E-state index is 4.44. The summed E-state index contributed by atoms with van der Waals surface area (Å²) in [6.07, 6.45) is 1.98. The third-order valence-electron chi connectivity index (χ3n) is 3.79. The number of nitrogens with zero attached hydrogens (tertiary/aromatic N) is 3. The Morgan fingerprint density at radius 2 is 1.68 bits per heavy atom. The summed E-state index contributed by atoms with van der Waals surface area (Å²) < 4.78 is 1.89. The Morgan fingerprint density at radius 1 is 0.909 bits per heavy atom. The molecule has 0 saturated carbocycles. The van der Waals surface area contributed by atoms with Gasteiger partial charge in [-0.15, -0.1) is 0 Å². The highest BCUT2D eigenvalue weighted by Crippen LogP contribution is 2.24. The number of H-pyrrole nitrogens is 1. The number of aryl methyl sites for hydroxylation is 2. The van der Waals surface area contributed by atoms with Crippen LogP contribution in [0.5, 0.6) is 0 Å². The smallest absolute Gasteiger partial charge is 0.104 e. The molecule has 0 amide bonds. The normalized spacial score (nSPS) is 11.2. The first-order valence-corrected chi connectivity index (χ1v) is 7.28. The highest BCUT2D eigenvalue weighted by molar-refractivity contribution is 5.82. The molecule has 4 aromatic rings. The summed E-state index contributed by atoms with van der Waals surface area (Å²) in [4.78, 5) is 7.72. The Morgan fingerprint density at radius 3 is 2.41 bits per heavy atom. The van der Waals surface area contributed by atoms with Crippen molar-refractivity contribution in [2.45, 2.75) is 13.8 Å². The number of fused-ring (bicyclic) bond motifs is 1. The van der Waals surface area contributed by atoms with Gasteiger partial charge in [-0.1, -0.05) is 18.2 Å². The average molecular weight is 288 g/mol. The van der Waals surface area contributed by atoms with Crippen LogP contribution in [-0.4, -0.2) is 19.7 Å². The van der Waals surface area contributed by atoms with E-state index in [0.29, 0.717) is 0 Å². The highest BCUT2D eigenvalue weighted by atomic mass is 15.3. The van der Waals surface area contributed by atoms with Gasteiger partial charge in [-0.05, 0) is 55.3 Å². The summed E-state index contributed by atoms with van der Waals surface area (Å²) in [6.45, 7) is 3.97. The lowest BCUT2D eigenvalue weighted by atomic mass is 10.0. The topological polar surface area (TPSA) is 46.5 Å². The Hall–Kier alpha value is -2.88. The van der Waals surface area contributed by atoms with E-state index in [4.69, 9.17) is 0 Å². The molecule has 2 heterocycles. The van der Waals surface area contributed by atoms with Gasteiger partial charge in [0.1, 0.15) is 5.82 Å². The lowest BCUT2D eigenvalue weighted by molar-refractivity contribution is 0.863. The van der Waals surface area contributed by atoms with E-state index in [-0.39, 0.29) is 0 Å². The predicted octanol–water partition coefficient (Wildman–Crippen LogP) is 4.03. The van der Waals surface area contributed by atoms with Crippen LogP contribution in [0.1, 0.15) is 11.5 Å². The lowest BCUT2D eigenvalue weighted by Gasteiger charge is -2.05. The van der Waals surface area contributed by atoms with Crippen LogP contribution in [-0.2, 0) is 0 Å². The van der Waals surface area contributed by atoms with Crippen molar-refractivity contribution >= 4 is 11.0 Å². The van der Waals surface area contributed by atoms with E-state index in [0.717, 1.165) is 28.2 Å². The van der Waals surface area contributed by atoms with E-state index in [1.165, 1.54) is 11.1 Å². The van der Waals surface area contributed by atoms with Gasteiger partial charge < -0.3 is 4.98 Å². The van der Waals surface area contributed by atoms with Crippen molar-refractivity contribution < 1.29 is 0 Å². The highest BCUT2D eigenvalue weighted by Gasteiger charge is 2.04. The summed E-state index contributed by atoms with van der Waals surface area (Å²) >= 11 is 0. The van der Waals surface area contributed by atoms with Crippen molar-refractivity contribution in [3.05, 3.63) is 66.2 Å². The van der Waals surface area contributed by atoms with E-state index >= 15 is 0 Å². The van der Waals surface area contributed by atoms with E-state index < -0.39 is 0 Å². The molecule has 4 heteroatoms. The molecule has 108 valence electrons. The zero-order valence-corrected chi connectivity index (χ0v) is 12.5. The average Bonchev–Trinajstić information content (AvgIpc) is 3.11. The number of hydrogen-bond donors (Lipinski definition) is 1. The van der Waals surface area contributed by atoms with E-state index in [1.807, 2.05) is 30.8 Å². The van der Waals surface area contributed by atoms with Crippen molar-refractivity contribution in [3.8, 4) is 16.8 Å². The minimum absolute atomic E-state index is 0.941. The third-order valence-corrected chi connectivity index (χ3v) is 3.79. The van der Waals surface area contributed by atoms with E-state index in [9.17, 15) is 0 Å². The van der Waals surface area contributed by atoms with Crippen molar-refractivity contribution in [3.63, 3.8) is 0 Å². The number of aromatic nitrogens is 4. The number of nitrogens with one attached hydrogen (secondary N) is 1. The Bertz CT molecular complexity index is 945. The monoisotopic (exact) mass is 288 g/mol. The maximum Gasteiger partial charge on any atom is 0.104 e. The van der Waals surface area contributed by atoms with Gasteiger partial charge in [0.2, 0.25) is 0 Å².